The molecule has 0 radical (unpaired) electrons. The molecule has 2 nitrogen and oxygen atoms in total. The van der Waals surface area contributed by atoms with Crippen molar-refractivity contribution in [1.29, 1.82) is 0 Å². The van der Waals surface area contributed by atoms with Crippen molar-refractivity contribution in [2.24, 2.45) is 5.92 Å². The van der Waals surface area contributed by atoms with Gasteiger partial charge in [-0.25, -0.2) is 0 Å². The molecule has 1 saturated carbocycles. The highest BCUT2D eigenvalue weighted by Crippen LogP contribution is 2.35. The molecule has 0 saturated heterocycles. The quantitative estimate of drug-likeness (QED) is 0.806. The Morgan fingerprint density at radius 3 is 2.75 bits per heavy atom. The minimum Gasteiger partial charge on any atom is -0.399 e. The van der Waals surface area contributed by atoms with Gasteiger partial charge in [0.15, 0.2) is 0 Å². The summed E-state index contributed by atoms with van der Waals surface area (Å²) in [6.07, 6.45) is 10.8. The van der Waals surface area contributed by atoms with Crippen LogP contribution in [0.3, 0.4) is 0 Å². The van der Waals surface area contributed by atoms with Gasteiger partial charge in [0.25, 0.3) is 0 Å². The Morgan fingerprint density at radius 1 is 1.20 bits per heavy atom. The van der Waals surface area contributed by atoms with E-state index in [1.165, 1.54) is 62.5 Å². The second-order valence-corrected chi connectivity index (χ2v) is 6.63. The van der Waals surface area contributed by atoms with Crippen LogP contribution in [-0.4, -0.2) is 6.04 Å². The number of benzene rings is 1. The maximum atomic E-state index is 5.90. The molecule has 0 heterocycles. The summed E-state index contributed by atoms with van der Waals surface area (Å²) in [7, 11) is 0. The van der Waals surface area contributed by atoms with Crippen molar-refractivity contribution in [2.45, 2.75) is 70.4 Å². The minimum absolute atomic E-state index is 0.553. The van der Waals surface area contributed by atoms with E-state index < -0.39 is 0 Å². The summed E-state index contributed by atoms with van der Waals surface area (Å²) >= 11 is 0. The van der Waals surface area contributed by atoms with Gasteiger partial charge >= 0.3 is 0 Å². The first-order valence-electron chi connectivity index (χ1n) is 8.42. The Balaban J connectivity index is 1.68. The van der Waals surface area contributed by atoms with Gasteiger partial charge in [-0.05, 0) is 61.3 Å². The molecule has 110 valence electrons. The summed E-state index contributed by atoms with van der Waals surface area (Å²) in [5, 5.41) is 3.97. The summed E-state index contributed by atoms with van der Waals surface area (Å²) < 4.78 is 0. The van der Waals surface area contributed by atoms with Crippen LogP contribution in [0.4, 0.5) is 5.69 Å². The summed E-state index contributed by atoms with van der Waals surface area (Å²) in [5.74, 6) is 0.895. The van der Waals surface area contributed by atoms with Crippen LogP contribution in [0, 0.1) is 5.92 Å². The molecular formula is C18H28N2. The molecule has 20 heavy (non-hydrogen) atoms. The lowest BCUT2D eigenvalue weighted by atomic mass is 9.82. The SMILES string of the molecule is CCC(NC1CCc2cc(N)ccc21)C1CCCCC1. The first kappa shape index (κ1) is 13.9. The van der Waals surface area contributed by atoms with Crippen molar-refractivity contribution in [3.63, 3.8) is 0 Å². The standard InChI is InChI=1S/C18H28N2/c1-2-17(13-6-4-3-5-7-13)20-18-11-8-14-12-15(19)9-10-16(14)18/h9-10,12-13,17-18,20H,2-8,11,19H2,1H3. The third-order valence-corrected chi connectivity index (χ3v) is 5.32. The number of rotatable bonds is 4. The summed E-state index contributed by atoms with van der Waals surface area (Å²) in [6.45, 7) is 2.34. The number of nitrogen functional groups attached to an aromatic ring is 1. The number of nitrogens with one attached hydrogen (secondary N) is 1. The average molecular weight is 272 g/mol. The normalized spacial score (nSPS) is 24.6. The lowest BCUT2D eigenvalue weighted by molar-refractivity contribution is 0.245. The molecule has 2 aliphatic rings. The molecule has 2 aliphatic carbocycles. The van der Waals surface area contributed by atoms with Crippen LogP contribution in [-0.2, 0) is 6.42 Å². The number of aryl methyl sites for hydroxylation is 1. The topological polar surface area (TPSA) is 38.0 Å². The van der Waals surface area contributed by atoms with Gasteiger partial charge in [-0.1, -0.05) is 32.3 Å². The van der Waals surface area contributed by atoms with Gasteiger partial charge in [0, 0.05) is 17.8 Å². The van der Waals surface area contributed by atoms with Crippen LogP contribution < -0.4 is 11.1 Å². The Morgan fingerprint density at radius 2 is 2.00 bits per heavy atom. The Hall–Kier alpha value is -1.02. The molecule has 3 N–H and O–H groups in total. The van der Waals surface area contributed by atoms with E-state index in [0.717, 1.165) is 11.6 Å². The fourth-order valence-corrected chi connectivity index (χ4v) is 4.19. The fourth-order valence-electron chi connectivity index (χ4n) is 4.19. The molecule has 0 bridgehead atoms. The Kier molecular flexibility index (Phi) is 4.30. The number of anilines is 1. The monoisotopic (exact) mass is 272 g/mol. The molecular weight excluding hydrogens is 244 g/mol. The highest BCUT2D eigenvalue weighted by molar-refractivity contribution is 5.47. The van der Waals surface area contributed by atoms with Crippen molar-refractivity contribution in [2.75, 3.05) is 5.73 Å². The first-order chi connectivity index (χ1) is 9.78. The number of hydrogen-bond acceptors (Lipinski definition) is 2. The molecule has 2 heteroatoms. The van der Waals surface area contributed by atoms with E-state index in [2.05, 4.69) is 30.4 Å². The summed E-state index contributed by atoms with van der Waals surface area (Å²) in [5.41, 5.74) is 9.76. The molecule has 1 fully saturated rings. The third kappa shape index (κ3) is 2.85. The van der Waals surface area contributed by atoms with Crippen molar-refractivity contribution < 1.29 is 0 Å². The van der Waals surface area contributed by atoms with E-state index in [-0.39, 0.29) is 0 Å². The summed E-state index contributed by atoms with van der Waals surface area (Å²) in [6, 6.07) is 7.71. The molecule has 0 aliphatic heterocycles. The average Bonchev–Trinajstić information content (AvgIpc) is 2.87. The lowest BCUT2D eigenvalue weighted by Crippen LogP contribution is -2.38. The van der Waals surface area contributed by atoms with Gasteiger partial charge in [0.05, 0.1) is 0 Å². The molecule has 0 aromatic heterocycles. The second kappa shape index (κ2) is 6.17. The zero-order chi connectivity index (χ0) is 13.9. The number of fused-ring (bicyclic) bond motifs is 1. The van der Waals surface area contributed by atoms with Crippen LogP contribution >= 0.6 is 0 Å². The predicted octanol–water partition coefficient (Wildman–Crippen LogP) is 4.20. The largest absolute Gasteiger partial charge is 0.399 e. The van der Waals surface area contributed by atoms with Crippen molar-refractivity contribution in [1.82, 2.24) is 5.32 Å². The van der Waals surface area contributed by atoms with Crippen LogP contribution in [0.2, 0.25) is 0 Å². The molecule has 2 unspecified atom stereocenters. The predicted molar refractivity (Wildman–Crippen MR) is 85.7 cm³/mol. The maximum absolute atomic E-state index is 5.90. The highest BCUT2D eigenvalue weighted by Gasteiger charge is 2.28. The Bertz CT molecular complexity index is 449. The number of nitrogens with two attached hydrogens (primary N) is 1. The minimum atomic E-state index is 0.553. The van der Waals surface area contributed by atoms with E-state index in [0.29, 0.717) is 12.1 Å². The van der Waals surface area contributed by atoms with E-state index in [4.69, 9.17) is 5.73 Å². The van der Waals surface area contributed by atoms with E-state index >= 15 is 0 Å². The third-order valence-electron chi connectivity index (χ3n) is 5.32. The molecule has 2 atom stereocenters. The van der Waals surface area contributed by atoms with E-state index in [1.54, 1.807) is 0 Å². The molecule has 0 spiro atoms. The van der Waals surface area contributed by atoms with Crippen LogP contribution in [0.5, 0.6) is 0 Å². The van der Waals surface area contributed by atoms with Crippen molar-refractivity contribution >= 4 is 5.69 Å². The molecule has 1 aromatic carbocycles. The highest BCUT2D eigenvalue weighted by atomic mass is 15.0. The van der Waals surface area contributed by atoms with Gasteiger partial charge < -0.3 is 11.1 Å². The number of hydrogen-bond donors (Lipinski definition) is 2. The van der Waals surface area contributed by atoms with Gasteiger partial charge in [0.2, 0.25) is 0 Å². The van der Waals surface area contributed by atoms with Gasteiger partial charge in [-0.2, -0.15) is 0 Å². The van der Waals surface area contributed by atoms with Crippen LogP contribution in [0.1, 0.15) is 69.0 Å². The molecule has 1 aromatic rings. The fraction of sp³-hybridized carbons (Fsp3) is 0.667. The van der Waals surface area contributed by atoms with Crippen molar-refractivity contribution in [3.05, 3.63) is 29.3 Å². The zero-order valence-electron chi connectivity index (χ0n) is 12.7. The first-order valence-corrected chi connectivity index (χ1v) is 8.42. The Labute approximate surface area is 123 Å². The van der Waals surface area contributed by atoms with Crippen LogP contribution in [0.15, 0.2) is 18.2 Å². The maximum Gasteiger partial charge on any atom is 0.0328 e. The van der Waals surface area contributed by atoms with Gasteiger partial charge in [-0.3, -0.25) is 0 Å². The lowest BCUT2D eigenvalue weighted by Gasteiger charge is -2.33. The smallest absolute Gasteiger partial charge is 0.0328 e. The van der Waals surface area contributed by atoms with Gasteiger partial charge in [-0.15, -0.1) is 0 Å². The molecule has 0 amide bonds. The van der Waals surface area contributed by atoms with E-state index in [1.807, 2.05) is 0 Å². The zero-order valence-corrected chi connectivity index (χ0v) is 12.7. The van der Waals surface area contributed by atoms with Crippen molar-refractivity contribution in [3.8, 4) is 0 Å². The van der Waals surface area contributed by atoms with E-state index in [9.17, 15) is 0 Å². The molecule has 3 rings (SSSR count). The second-order valence-electron chi connectivity index (χ2n) is 6.63. The summed E-state index contributed by atoms with van der Waals surface area (Å²) in [4.78, 5) is 0. The van der Waals surface area contributed by atoms with Crippen LogP contribution in [0.25, 0.3) is 0 Å². The van der Waals surface area contributed by atoms with Gasteiger partial charge in [0.1, 0.15) is 0 Å².